The van der Waals surface area contributed by atoms with Gasteiger partial charge in [0.15, 0.2) is 0 Å². The Labute approximate surface area is 303 Å². The van der Waals surface area contributed by atoms with Crippen molar-refractivity contribution in [2.24, 2.45) is 31.1 Å². The van der Waals surface area contributed by atoms with Crippen molar-refractivity contribution in [3.63, 3.8) is 0 Å². The molecule has 15 heteroatoms. The molecule has 0 unspecified atom stereocenters. The summed E-state index contributed by atoms with van der Waals surface area (Å²) in [5, 5.41) is 19.7. The summed E-state index contributed by atoms with van der Waals surface area (Å²) in [5.41, 5.74) is 6.32. The highest BCUT2D eigenvalue weighted by molar-refractivity contribution is 7.33. The largest absolute Gasteiger partial charge is 0.635 e. The van der Waals surface area contributed by atoms with Crippen LogP contribution in [0.25, 0.3) is 71.7 Å². The Hall–Kier alpha value is -5.42. The first-order valence-electron chi connectivity index (χ1n) is 15.5. The van der Waals surface area contributed by atoms with Crippen molar-refractivity contribution in [1.82, 2.24) is 13.7 Å². The first kappa shape index (κ1) is 33.1. The molecule has 7 aromatic rings. The van der Waals surface area contributed by atoms with Crippen LogP contribution < -0.4 is 9.47 Å². The highest BCUT2D eigenvalue weighted by atomic mass is 32.1. The van der Waals surface area contributed by atoms with Crippen LogP contribution in [0.4, 0.5) is 10.0 Å². The maximum Gasteiger partial charge on any atom is 0.635 e. The fraction of sp³-hybridized carbons (Fsp3) is 0.257. The number of ether oxygens (including phenoxy) is 2. The molecular formula is C35H27N9O2S4. The molecule has 0 atom stereocenters. The lowest BCUT2D eigenvalue weighted by Crippen LogP contribution is -1.98. The van der Waals surface area contributed by atoms with Gasteiger partial charge in [-0.15, -0.1) is 34.0 Å². The number of fused-ring (bicyclic) bond motifs is 7. The number of aliphatic imine (C=N–C) groups is 2. The molecule has 7 aromatic heterocycles. The Bertz CT molecular complexity index is 2510. The van der Waals surface area contributed by atoms with Crippen LogP contribution in [0, 0.1) is 35.8 Å². The minimum absolute atomic E-state index is 0.194. The van der Waals surface area contributed by atoms with E-state index < -0.39 is 0 Å². The van der Waals surface area contributed by atoms with Gasteiger partial charge in [-0.1, -0.05) is 25.2 Å². The fourth-order valence-corrected chi connectivity index (χ4v) is 10.8. The number of hydrogen-bond acceptors (Lipinski definition) is 10. The van der Waals surface area contributed by atoms with Crippen LogP contribution in [0.5, 0.6) is 11.5 Å². The van der Waals surface area contributed by atoms with Crippen molar-refractivity contribution in [2.45, 2.75) is 26.7 Å². The van der Waals surface area contributed by atoms with Crippen LogP contribution in [-0.4, -0.2) is 38.6 Å². The minimum Gasteiger partial charge on any atom is -0.492 e. The molecule has 0 radical (unpaired) electrons. The van der Waals surface area contributed by atoms with Gasteiger partial charge in [0.1, 0.15) is 28.6 Å². The number of aryl methyl sites for hydroxylation is 3. The van der Waals surface area contributed by atoms with E-state index in [0.717, 1.165) is 65.5 Å². The maximum absolute atomic E-state index is 9.27. The summed E-state index contributed by atoms with van der Waals surface area (Å²) >= 11 is 6.36. The first-order chi connectivity index (χ1) is 24.3. The van der Waals surface area contributed by atoms with E-state index in [-0.39, 0.29) is 11.7 Å². The van der Waals surface area contributed by atoms with E-state index in [4.69, 9.17) is 22.6 Å². The molecule has 0 aliphatic rings. The van der Waals surface area contributed by atoms with Gasteiger partial charge < -0.3 is 23.2 Å². The molecule has 0 saturated carbocycles. The quantitative estimate of drug-likeness (QED) is 0.0790. The SMILES string of the molecule is [C-]#[N+]C(=Nc1cc(OCCC)c(-c2cc3sc4c5sc6cc(-c7sc(N=C(C#N)C#N)cc7OCCC)n(C)c6c5n(C)c4c3n2C)s1)[N+]#[C-]. The van der Waals surface area contributed by atoms with Crippen LogP contribution in [-0.2, 0) is 21.1 Å². The Kier molecular flexibility index (Phi) is 8.69. The second-order valence-corrected chi connectivity index (χ2v) is 15.5. The standard InChI is InChI=1S/C35H27N9O2S4/c1-8-10-45-21-14-25(40-18(16-36)17-37)49-31(21)19-12-23-27(42(19)5)29-33(47-23)34-30(44(29)7)28-24(48-34)13-20(43(28)6)32-22(46-11-9-2)15-26(50-32)41-35(38-3)39-4/h12-15H,8-11H2,1-2,5-7H3. The van der Waals surface area contributed by atoms with Crippen LogP contribution >= 0.6 is 45.3 Å². The van der Waals surface area contributed by atoms with Gasteiger partial charge in [-0.05, 0) is 38.1 Å². The van der Waals surface area contributed by atoms with Gasteiger partial charge in [0.25, 0.3) is 5.00 Å². The van der Waals surface area contributed by atoms with Crippen molar-refractivity contribution < 1.29 is 9.47 Å². The molecule has 0 fully saturated rings. The molecule has 0 spiro atoms. The molecule has 0 amide bonds. The van der Waals surface area contributed by atoms with Crippen LogP contribution in [0.2, 0.25) is 0 Å². The average Bonchev–Trinajstić information content (AvgIpc) is 3.97. The smallest absolute Gasteiger partial charge is 0.492 e. The Morgan fingerprint density at radius 2 is 1.16 bits per heavy atom. The first-order valence-corrected chi connectivity index (χ1v) is 18.8. The summed E-state index contributed by atoms with van der Waals surface area (Å²) in [6, 6.07) is 11.7. The molecule has 7 heterocycles. The summed E-state index contributed by atoms with van der Waals surface area (Å²) in [7, 11) is 6.24. The van der Waals surface area contributed by atoms with Gasteiger partial charge in [-0.25, -0.2) is 14.7 Å². The summed E-state index contributed by atoms with van der Waals surface area (Å²) in [4.78, 5) is 16.8. The van der Waals surface area contributed by atoms with Gasteiger partial charge in [0, 0.05) is 32.2 Å². The third kappa shape index (κ3) is 5.24. The van der Waals surface area contributed by atoms with E-state index in [1.807, 2.05) is 25.1 Å². The van der Waals surface area contributed by atoms with E-state index in [1.54, 1.807) is 28.7 Å². The third-order valence-corrected chi connectivity index (χ3v) is 12.6. The summed E-state index contributed by atoms with van der Waals surface area (Å²) in [5.74, 6) is 1.16. The average molecular weight is 734 g/mol. The Morgan fingerprint density at radius 1 is 0.700 bits per heavy atom. The van der Waals surface area contributed by atoms with Gasteiger partial charge in [0.05, 0.1) is 81.3 Å². The number of aromatic nitrogens is 3. The molecule has 50 heavy (non-hydrogen) atoms. The second kappa shape index (κ2) is 13.1. The zero-order chi connectivity index (χ0) is 35.3. The van der Waals surface area contributed by atoms with Crippen molar-refractivity contribution in [1.29, 1.82) is 10.5 Å². The molecule has 0 bridgehead atoms. The molecule has 0 N–H and O–H groups in total. The predicted octanol–water partition coefficient (Wildman–Crippen LogP) is 10.4. The molecule has 0 saturated heterocycles. The van der Waals surface area contributed by atoms with Crippen LogP contribution in [0.15, 0.2) is 34.3 Å². The monoisotopic (exact) mass is 733 g/mol. The number of thiophene rings is 4. The maximum atomic E-state index is 9.27. The number of hydrogen-bond donors (Lipinski definition) is 0. The third-order valence-electron chi connectivity index (χ3n) is 8.18. The molecule has 0 aliphatic heterocycles. The van der Waals surface area contributed by atoms with E-state index >= 15 is 0 Å². The highest BCUT2D eigenvalue weighted by Crippen LogP contribution is 2.52. The summed E-state index contributed by atoms with van der Waals surface area (Å²) in [6.45, 7) is 19.7. The lowest BCUT2D eigenvalue weighted by Gasteiger charge is -2.08. The van der Waals surface area contributed by atoms with E-state index in [9.17, 15) is 10.5 Å². The summed E-state index contributed by atoms with van der Waals surface area (Å²) in [6.07, 6.45) is 1.69. The highest BCUT2D eigenvalue weighted by Gasteiger charge is 2.28. The zero-order valence-corrected chi connectivity index (χ0v) is 30.9. The van der Waals surface area contributed by atoms with E-state index in [1.165, 1.54) is 32.1 Å². The van der Waals surface area contributed by atoms with Gasteiger partial charge in [-0.2, -0.15) is 10.5 Å². The Morgan fingerprint density at radius 3 is 1.58 bits per heavy atom. The van der Waals surface area contributed by atoms with E-state index in [0.29, 0.717) is 34.7 Å². The van der Waals surface area contributed by atoms with Crippen LogP contribution in [0.1, 0.15) is 26.7 Å². The molecule has 0 aromatic carbocycles. The van der Waals surface area contributed by atoms with Crippen molar-refractivity contribution in [3.8, 4) is 44.8 Å². The number of rotatable bonds is 10. The molecular weight excluding hydrogens is 707 g/mol. The van der Waals surface area contributed by atoms with Crippen molar-refractivity contribution in [3.05, 3.63) is 47.1 Å². The molecule has 248 valence electrons. The second-order valence-electron chi connectivity index (χ2n) is 11.3. The number of guanidine groups is 1. The fourth-order valence-electron chi connectivity index (χ4n) is 6.05. The van der Waals surface area contributed by atoms with Crippen molar-refractivity contribution in [2.75, 3.05) is 13.2 Å². The van der Waals surface area contributed by atoms with Gasteiger partial charge >= 0.3 is 5.96 Å². The zero-order valence-electron chi connectivity index (χ0n) is 27.6. The normalized spacial score (nSPS) is 11.1. The molecule has 11 nitrogen and oxygen atoms in total. The number of nitriles is 2. The van der Waals surface area contributed by atoms with Gasteiger partial charge in [-0.3, -0.25) is 0 Å². The lowest BCUT2D eigenvalue weighted by atomic mass is 10.3. The summed E-state index contributed by atoms with van der Waals surface area (Å²) < 4.78 is 23.7. The Balaban J connectivity index is 1.38. The topological polar surface area (TPSA) is 114 Å². The minimum atomic E-state index is -0.224. The molecule has 7 rings (SSSR count). The van der Waals surface area contributed by atoms with Crippen molar-refractivity contribution >= 4 is 108 Å². The lowest BCUT2D eigenvalue weighted by molar-refractivity contribution is 0.319. The van der Waals surface area contributed by atoms with Crippen LogP contribution in [0.3, 0.4) is 0 Å². The number of nitrogens with zero attached hydrogens (tertiary/aromatic N) is 9. The molecule has 0 aliphatic carbocycles. The van der Waals surface area contributed by atoms with E-state index in [2.05, 4.69) is 73.6 Å². The predicted molar refractivity (Wildman–Crippen MR) is 206 cm³/mol. The van der Waals surface area contributed by atoms with Gasteiger partial charge in [0.2, 0.25) is 5.71 Å².